The van der Waals surface area contributed by atoms with Gasteiger partial charge < -0.3 is 9.53 Å². The molecule has 0 amide bonds. The first kappa shape index (κ1) is 13.9. The summed E-state index contributed by atoms with van der Waals surface area (Å²) in [7, 11) is 0. The lowest BCUT2D eigenvalue weighted by Crippen LogP contribution is -2.12. The molecule has 0 aliphatic rings. The molecule has 0 spiro atoms. The van der Waals surface area contributed by atoms with Gasteiger partial charge in [0, 0.05) is 13.0 Å². The van der Waals surface area contributed by atoms with Gasteiger partial charge in [0.05, 0.1) is 6.61 Å². The molecule has 17 heavy (non-hydrogen) atoms. The average Bonchev–Trinajstić information content (AvgIpc) is 2.34. The van der Waals surface area contributed by atoms with Crippen molar-refractivity contribution >= 4 is 6.29 Å². The molecule has 0 aliphatic carbocycles. The largest absolute Gasteiger partial charge is 0.377 e. The van der Waals surface area contributed by atoms with Crippen molar-refractivity contribution in [2.45, 2.75) is 33.3 Å². The zero-order valence-electron chi connectivity index (χ0n) is 10.8. The normalized spacial score (nSPS) is 12.6. The molecular formula is C15H22O2. The minimum Gasteiger partial charge on any atom is -0.377 e. The molecule has 0 radical (unpaired) electrons. The summed E-state index contributed by atoms with van der Waals surface area (Å²) in [6.45, 7) is 5.70. The zero-order valence-corrected chi connectivity index (χ0v) is 10.8. The number of aldehydes is 1. The van der Waals surface area contributed by atoms with Crippen LogP contribution in [0.4, 0.5) is 0 Å². The highest BCUT2D eigenvalue weighted by atomic mass is 16.5. The van der Waals surface area contributed by atoms with Crippen molar-refractivity contribution < 1.29 is 9.53 Å². The van der Waals surface area contributed by atoms with E-state index in [2.05, 4.69) is 26.0 Å². The second-order valence-electron chi connectivity index (χ2n) is 4.73. The highest BCUT2D eigenvalue weighted by Crippen LogP contribution is 2.18. The number of hydrogen-bond acceptors (Lipinski definition) is 2. The predicted molar refractivity (Wildman–Crippen MR) is 69.7 cm³/mol. The van der Waals surface area contributed by atoms with Crippen molar-refractivity contribution in [3.8, 4) is 0 Å². The maximum Gasteiger partial charge on any atom is 0.120 e. The van der Waals surface area contributed by atoms with Crippen molar-refractivity contribution in [1.82, 2.24) is 0 Å². The molecule has 0 aromatic heterocycles. The quantitative estimate of drug-likeness (QED) is 0.508. The Morgan fingerprint density at radius 1 is 1.24 bits per heavy atom. The van der Waals surface area contributed by atoms with Gasteiger partial charge >= 0.3 is 0 Å². The molecule has 0 fully saturated rings. The Bertz CT molecular complexity index is 306. The fourth-order valence-corrected chi connectivity index (χ4v) is 1.85. The van der Waals surface area contributed by atoms with E-state index in [9.17, 15) is 4.79 Å². The summed E-state index contributed by atoms with van der Waals surface area (Å²) in [5.41, 5.74) is 1.20. The SMILES string of the molecule is CC(C)[C@H](CC=O)CCOCc1ccccc1. The zero-order chi connectivity index (χ0) is 12.5. The summed E-state index contributed by atoms with van der Waals surface area (Å²) in [4.78, 5) is 10.5. The first-order valence-electron chi connectivity index (χ1n) is 6.29. The van der Waals surface area contributed by atoms with E-state index in [4.69, 9.17) is 4.74 Å². The Labute approximate surface area is 104 Å². The van der Waals surface area contributed by atoms with Crippen molar-refractivity contribution in [2.24, 2.45) is 11.8 Å². The molecule has 2 heteroatoms. The molecule has 94 valence electrons. The average molecular weight is 234 g/mol. The summed E-state index contributed by atoms with van der Waals surface area (Å²) < 4.78 is 5.63. The second-order valence-corrected chi connectivity index (χ2v) is 4.73. The second kappa shape index (κ2) is 8.02. The number of ether oxygens (including phenoxy) is 1. The van der Waals surface area contributed by atoms with Crippen molar-refractivity contribution in [1.29, 1.82) is 0 Å². The van der Waals surface area contributed by atoms with Crippen LogP contribution in [0.25, 0.3) is 0 Å². The highest BCUT2D eigenvalue weighted by molar-refractivity contribution is 5.49. The number of rotatable bonds is 8. The third-order valence-electron chi connectivity index (χ3n) is 3.09. The third kappa shape index (κ3) is 5.64. The van der Waals surface area contributed by atoms with E-state index in [1.165, 1.54) is 5.56 Å². The fraction of sp³-hybridized carbons (Fsp3) is 0.533. The van der Waals surface area contributed by atoms with Crippen LogP contribution in [-0.2, 0) is 16.1 Å². The molecule has 0 saturated heterocycles. The standard InChI is InChI=1S/C15H22O2/c1-13(2)15(8-10-16)9-11-17-12-14-6-4-3-5-7-14/h3-7,10,13,15H,8-9,11-12H2,1-2H3/t15-/m1/s1. The summed E-state index contributed by atoms with van der Waals surface area (Å²) in [6.07, 6.45) is 2.62. The molecule has 0 aliphatic heterocycles. The molecular weight excluding hydrogens is 212 g/mol. The van der Waals surface area contributed by atoms with Crippen LogP contribution in [0.3, 0.4) is 0 Å². The Kier molecular flexibility index (Phi) is 6.56. The van der Waals surface area contributed by atoms with Gasteiger partial charge in [0.25, 0.3) is 0 Å². The smallest absolute Gasteiger partial charge is 0.120 e. The molecule has 0 heterocycles. The van der Waals surface area contributed by atoms with Crippen LogP contribution in [0.5, 0.6) is 0 Å². The monoisotopic (exact) mass is 234 g/mol. The fourth-order valence-electron chi connectivity index (χ4n) is 1.85. The maximum absolute atomic E-state index is 10.5. The summed E-state index contributed by atoms with van der Waals surface area (Å²) in [5, 5.41) is 0. The summed E-state index contributed by atoms with van der Waals surface area (Å²) in [6, 6.07) is 10.2. The van der Waals surface area contributed by atoms with E-state index >= 15 is 0 Å². The van der Waals surface area contributed by atoms with Crippen LogP contribution < -0.4 is 0 Å². The van der Waals surface area contributed by atoms with E-state index in [1.807, 2.05) is 18.2 Å². The lowest BCUT2D eigenvalue weighted by Gasteiger charge is -2.18. The summed E-state index contributed by atoms with van der Waals surface area (Å²) >= 11 is 0. The van der Waals surface area contributed by atoms with E-state index in [-0.39, 0.29) is 0 Å². The Balaban J connectivity index is 2.20. The van der Waals surface area contributed by atoms with E-state index in [0.717, 1.165) is 19.3 Å². The van der Waals surface area contributed by atoms with Crippen LogP contribution in [0.15, 0.2) is 30.3 Å². The van der Waals surface area contributed by atoms with Crippen LogP contribution in [0.2, 0.25) is 0 Å². The Morgan fingerprint density at radius 3 is 2.53 bits per heavy atom. The highest BCUT2D eigenvalue weighted by Gasteiger charge is 2.12. The minimum absolute atomic E-state index is 0.447. The van der Waals surface area contributed by atoms with Gasteiger partial charge in [-0.25, -0.2) is 0 Å². The van der Waals surface area contributed by atoms with Gasteiger partial charge in [0.15, 0.2) is 0 Å². The van der Waals surface area contributed by atoms with E-state index < -0.39 is 0 Å². The van der Waals surface area contributed by atoms with Crippen LogP contribution in [-0.4, -0.2) is 12.9 Å². The number of carbonyl (C=O) groups excluding carboxylic acids is 1. The Hall–Kier alpha value is -1.15. The lowest BCUT2D eigenvalue weighted by molar-refractivity contribution is -0.109. The van der Waals surface area contributed by atoms with Crippen LogP contribution >= 0.6 is 0 Å². The van der Waals surface area contributed by atoms with E-state index in [1.54, 1.807) is 0 Å². The third-order valence-corrected chi connectivity index (χ3v) is 3.09. The van der Waals surface area contributed by atoms with Crippen LogP contribution in [0.1, 0.15) is 32.3 Å². The molecule has 1 rings (SSSR count). The molecule has 0 N–H and O–H groups in total. The number of benzene rings is 1. The first-order chi connectivity index (χ1) is 8.24. The number of carbonyl (C=O) groups is 1. The molecule has 1 atom stereocenters. The van der Waals surface area contributed by atoms with Crippen molar-refractivity contribution in [2.75, 3.05) is 6.61 Å². The molecule has 0 unspecified atom stereocenters. The van der Waals surface area contributed by atoms with Gasteiger partial charge in [-0.1, -0.05) is 44.2 Å². The molecule has 1 aromatic carbocycles. The van der Waals surface area contributed by atoms with Crippen molar-refractivity contribution in [3.05, 3.63) is 35.9 Å². The van der Waals surface area contributed by atoms with Gasteiger partial charge in [-0.05, 0) is 23.8 Å². The molecule has 0 saturated carbocycles. The van der Waals surface area contributed by atoms with Gasteiger partial charge in [-0.15, -0.1) is 0 Å². The first-order valence-corrected chi connectivity index (χ1v) is 6.29. The van der Waals surface area contributed by atoms with E-state index in [0.29, 0.717) is 24.9 Å². The molecule has 1 aromatic rings. The minimum atomic E-state index is 0.447. The topological polar surface area (TPSA) is 26.3 Å². The maximum atomic E-state index is 10.5. The molecule has 2 nitrogen and oxygen atoms in total. The van der Waals surface area contributed by atoms with Gasteiger partial charge in [0.2, 0.25) is 0 Å². The van der Waals surface area contributed by atoms with Gasteiger partial charge in [0.1, 0.15) is 6.29 Å². The molecule has 0 bridgehead atoms. The lowest BCUT2D eigenvalue weighted by atomic mass is 9.90. The predicted octanol–water partition coefficient (Wildman–Crippen LogP) is 3.45. The van der Waals surface area contributed by atoms with Crippen LogP contribution in [0, 0.1) is 11.8 Å². The summed E-state index contributed by atoms with van der Waals surface area (Å²) in [5.74, 6) is 0.990. The number of hydrogen-bond donors (Lipinski definition) is 0. The Morgan fingerprint density at radius 2 is 1.94 bits per heavy atom. The van der Waals surface area contributed by atoms with Gasteiger partial charge in [-0.3, -0.25) is 0 Å². The van der Waals surface area contributed by atoms with Gasteiger partial charge in [-0.2, -0.15) is 0 Å². The van der Waals surface area contributed by atoms with Crippen molar-refractivity contribution in [3.63, 3.8) is 0 Å².